The Hall–Kier alpha value is -4.30. The highest BCUT2D eigenvalue weighted by molar-refractivity contribution is 7.92. The van der Waals surface area contributed by atoms with Crippen molar-refractivity contribution in [2.45, 2.75) is 11.4 Å². The van der Waals surface area contributed by atoms with Crippen LogP contribution >= 0.6 is 0 Å². The summed E-state index contributed by atoms with van der Waals surface area (Å²) in [6.07, 6.45) is 0. The summed E-state index contributed by atoms with van der Waals surface area (Å²) in [5.74, 6) is 0. The number of carbonyl (C=O) groups is 1. The first-order chi connectivity index (χ1) is 17.3. The van der Waals surface area contributed by atoms with Crippen LogP contribution in [0.5, 0.6) is 0 Å². The second-order valence-corrected chi connectivity index (χ2v) is 10.1. The van der Waals surface area contributed by atoms with Gasteiger partial charge in [-0.1, -0.05) is 60.7 Å². The molecule has 0 spiro atoms. The maximum absolute atomic E-state index is 13.1. The summed E-state index contributed by atoms with van der Waals surface area (Å²) in [6.45, 7) is 0.387. The Labute approximate surface area is 211 Å². The molecular weight excluding hydrogens is 472 g/mol. The second kappa shape index (κ2) is 11.0. The van der Waals surface area contributed by atoms with Crippen molar-refractivity contribution in [3.05, 3.63) is 109 Å². The van der Waals surface area contributed by atoms with E-state index in [0.29, 0.717) is 23.5 Å². The molecule has 8 heteroatoms. The molecule has 0 unspecified atom stereocenters. The van der Waals surface area contributed by atoms with Crippen LogP contribution in [0, 0.1) is 0 Å². The zero-order chi connectivity index (χ0) is 25.5. The summed E-state index contributed by atoms with van der Waals surface area (Å²) in [4.78, 5) is 14.5. The number of urea groups is 1. The second-order valence-electron chi connectivity index (χ2n) is 8.41. The van der Waals surface area contributed by atoms with Gasteiger partial charge >= 0.3 is 6.03 Å². The topological polar surface area (TPSA) is 90.5 Å². The fraction of sp³-hybridized carbons (Fsp3) is 0.107. The standard InChI is InChI=1S/C28H28N4O3S/c1-32(2)25-18-12-21(13-19-25)20-29-28(33)30-23-14-16-24(17-15-23)31-36(34,35)27-11-7-6-10-26(27)22-8-4-3-5-9-22/h3-19,31H,20H2,1-2H3,(H2,29,30,33). The quantitative estimate of drug-likeness (QED) is 0.296. The van der Waals surface area contributed by atoms with Gasteiger partial charge in [0.1, 0.15) is 0 Å². The summed E-state index contributed by atoms with van der Waals surface area (Å²) in [6, 6.07) is 30.3. The minimum atomic E-state index is -3.83. The number of amides is 2. The molecule has 0 fully saturated rings. The first-order valence-corrected chi connectivity index (χ1v) is 12.9. The predicted molar refractivity (Wildman–Crippen MR) is 146 cm³/mol. The van der Waals surface area contributed by atoms with Crippen molar-refractivity contribution in [3.8, 4) is 11.1 Å². The molecular formula is C28H28N4O3S. The van der Waals surface area contributed by atoms with E-state index in [4.69, 9.17) is 0 Å². The van der Waals surface area contributed by atoms with Crippen LogP contribution in [0.4, 0.5) is 21.9 Å². The van der Waals surface area contributed by atoms with E-state index >= 15 is 0 Å². The molecule has 0 saturated carbocycles. The van der Waals surface area contributed by atoms with Gasteiger partial charge in [0.15, 0.2) is 0 Å². The minimum absolute atomic E-state index is 0.191. The molecule has 0 heterocycles. The Morgan fingerprint density at radius 3 is 2.03 bits per heavy atom. The van der Waals surface area contributed by atoms with Gasteiger partial charge < -0.3 is 15.5 Å². The maximum atomic E-state index is 13.1. The lowest BCUT2D eigenvalue weighted by molar-refractivity contribution is 0.251. The van der Waals surface area contributed by atoms with Crippen molar-refractivity contribution in [2.75, 3.05) is 29.0 Å². The number of carbonyl (C=O) groups excluding carboxylic acids is 1. The lowest BCUT2D eigenvalue weighted by Crippen LogP contribution is -2.28. The number of anilines is 3. The summed E-state index contributed by atoms with van der Waals surface area (Å²) in [5, 5.41) is 5.58. The highest BCUT2D eigenvalue weighted by Gasteiger charge is 2.19. The van der Waals surface area contributed by atoms with Gasteiger partial charge in [-0.05, 0) is 53.6 Å². The highest BCUT2D eigenvalue weighted by atomic mass is 32.2. The molecule has 0 aromatic heterocycles. The number of hydrogen-bond acceptors (Lipinski definition) is 4. The summed E-state index contributed by atoms with van der Waals surface area (Å²) < 4.78 is 28.9. The van der Waals surface area contributed by atoms with E-state index in [1.807, 2.05) is 79.7 Å². The average Bonchev–Trinajstić information content (AvgIpc) is 2.89. The maximum Gasteiger partial charge on any atom is 0.319 e. The van der Waals surface area contributed by atoms with E-state index in [0.717, 1.165) is 16.8 Å². The number of nitrogens with zero attached hydrogens (tertiary/aromatic N) is 1. The Morgan fingerprint density at radius 2 is 1.36 bits per heavy atom. The molecule has 36 heavy (non-hydrogen) atoms. The molecule has 0 aliphatic heterocycles. The largest absolute Gasteiger partial charge is 0.378 e. The number of nitrogens with one attached hydrogen (secondary N) is 3. The van der Waals surface area contributed by atoms with Crippen LogP contribution in [-0.2, 0) is 16.6 Å². The van der Waals surface area contributed by atoms with E-state index in [1.54, 1.807) is 42.5 Å². The SMILES string of the molecule is CN(C)c1ccc(CNC(=O)Nc2ccc(NS(=O)(=O)c3ccccc3-c3ccccc3)cc2)cc1. The highest BCUT2D eigenvalue weighted by Crippen LogP contribution is 2.28. The zero-order valence-corrected chi connectivity index (χ0v) is 20.9. The van der Waals surface area contributed by atoms with Gasteiger partial charge in [-0.25, -0.2) is 13.2 Å². The van der Waals surface area contributed by atoms with E-state index in [2.05, 4.69) is 15.4 Å². The van der Waals surface area contributed by atoms with Gasteiger partial charge in [0.2, 0.25) is 0 Å². The van der Waals surface area contributed by atoms with Crippen molar-refractivity contribution in [1.29, 1.82) is 0 Å². The molecule has 0 aliphatic rings. The van der Waals surface area contributed by atoms with Crippen molar-refractivity contribution in [1.82, 2.24) is 5.32 Å². The van der Waals surface area contributed by atoms with Crippen molar-refractivity contribution >= 4 is 33.1 Å². The molecule has 0 bridgehead atoms. The predicted octanol–water partition coefficient (Wildman–Crippen LogP) is 5.54. The molecule has 0 saturated heterocycles. The lowest BCUT2D eigenvalue weighted by atomic mass is 10.1. The number of rotatable bonds is 8. The molecule has 0 atom stereocenters. The Bertz CT molecular complexity index is 1420. The van der Waals surface area contributed by atoms with Gasteiger partial charge in [0.05, 0.1) is 4.90 Å². The number of sulfonamides is 1. The van der Waals surface area contributed by atoms with Crippen LogP contribution in [0.15, 0.2) is 108 Å². The minimum Gasteiger partial charge on any atom is -0.378 e. The molecule has 2 amide bonds. The Balaban J connectivity index is 1.38. The van der Waals surface area contributed by atoms with E-state index in [9.17, 15) is 13.2 Å². The summed E-state index contributed by atoms with van der Waals surface area (Å²) in [7, 11) is 0.117. The number of hydrogen-bond donors (Lipinski definition) is 3. The third kappa shape index (κ3) is 6.22. The molecule has 7 nitrogen and oxygen atoms in total. The van der Waals surface area contributed by atoms with Gasteiger partial charge in [-0.3, -0.25) is 4.72 Å². The molecule has 4 aromatic rings. The van der Waals surface area contributed by atoms with E-state index < -0.39 is 10.0 Å². The van der Waals surface area contributed by atoms with Crippen molar-refractivity contribution in [3.63, 3.8) is 0 Å². The Kier molecular flexibility index (Phi) is 7.56. The average molecular weight is 501 g/mol. The fourth-order valence-electron chi connectivity index (χ4n) is 3.66. The van der Waals surface area contributed by atoms with Crippen LogP contribution in [0.3, 0.4) is 0 Å². The Morgan fingerprint density at radius 1 is 0.750 bits per heavy atom. The van der Waals surface area contributed by atoms with Crippen molar-refractivity contribution in [2.24, 2.45) is 0 Å². The monoisotopic (exact) mass is 500 g/mol. The molecule has 184 valence electrons. The van der Waals surface area contributed by atoms with Gasteiger partial charge in [-0.15, -0.1) is 0 Å². The summed E-state index contributed by atoms with van der Waals surface area (Å²) >= 11 is 0. The first-order valence-electron chi connectivity index (χ1n) is 11.4. The van der Waals surface area contributed by atoms with Gasteiger partial charge in [-0.2, -0.15) is 0 Å². The zero-order valence-electron chi connectivity index (χ0n) is 20.1. The fourth-order valence-corrected chi connectivity index (χ4v) is 4.95. The van der Waals surface area contributed by atoms with Gasteiger partial charge in [0.25, 0.3) is 10.0 Å². The third-order valence-electron chi connectivity index (χ3n) is 5.56. The molecule has 3 N–H and O–H groups in total. The van der Waals surface area contributed by atoms with Gasteiger partial charge in [0, 0.05) is 43.3 Å². The van der Waals surface area contributed by atoms with Crippen LogP contribution in [0.1, 0.15) is 5.56 Å². The normalized spacial score (nSPS) is 10.9. The van der Waals surface area contributed by atoms with E-state index in [-0.39, 0.29) is 10.9 Å². The first kappa shape index (κ1) is 24.8. The lowest BCUT2D eigenvalue weighted by Gasteiger charge is -2.14. The molecule has 4 aromatic carbocycles. The van der Waals surface area contributed by atoms with E-state index in [1.165, 1.54) is 0 Å². The van der Waals surface area contributed by atoms with Crippen LogP contribution in [0.25, 0.3) is 11.1 Å². The van der Waals surface area contributed by atoms with Crippen LogP contribution < -0.4 is 20.3 Å². The van der Waals surface area contributed by atoms with Crippen LogP contribution in [-0.4, -0.2) is 28.5 Å². The summed E-state index contributed by atoms with van der Waals surface area (Å²) in [5.41, 5.74) is 4.45. The number of benzene rings is 4. The van der Waals surface area contributed by atoms with Crippen molar-refractivity contribution < 1.29 is 13.2 Å². The molecule has 4 rings (SSSR count). The molecule has 0 aliphatic carbocycles. The smallest absolute Gasteiger partial charge is 0.319 e. The third-order valence-corrected chi connectivity index (χ3v) is 7.00. The molecule has 0 radical (unpaired) electrons. The van der Waals surface area contributed by atoms with Crippen LogP contribution in [0.2, 0.25) is 0 Å².